The van der Waals surface area contributed by atoms with Gasteiger partial charge in [0.25, 0.3) is 0 Å². The van der Waals surface area contributed by atoms with E-state index in [4.69, 9.17) is 0 Å². The van der Waals surface area contributed by atoms with Crippen LogP contribution in [0, 0.1) is 5.92 Å². The number of rotatable bonds is 10. The maximum atomic E-state index is 12.3. The molecule has 0 aromatic heterocycles. The molecular formula is C28H36N2O. The summed E-state index contributed by atoms with van der Waals surface area (Å²) in [7, 11) is 0. The molecule has 0 saturated heterocycles. The first-order valence-corrected chi connectivity index (χ1v) is 11.1. The van der Waals surface area contributed by atoms with E-state index in [0.29, 0.717) is 5.70 Å². The molecule has 2 rings (SSSR count). The minimum Gasteiger partial charge on any atom is -0.341 e. The van der Waals surface area contributed by atoms with Crippen molar-refractivity contribution in [2.45, 2.75) is 53.9 Å². The molecule has 1 aliphatic rings. The van der Waals surface area contributed by atoms with Crippen molar-refractivity contribution in [3.8, 4) is 0 Å². The molecule has 1 aliphatic carbocycles. The van der Waals surface area contributed by atoms with Gasteiger partial charge in [-0.2, -0.15) is 0 Å². The second-order valence-corrected chi connectivity index (χ2v) is 8.35. The van der Waals surface area contributed by atoms with Crippen LogP contribution in [0.3, 0.4) is 0 Å². The Balaban J connectivity index is 2.30. The van der Waals surface area contributed by atoms with Gasteiger partial charge in [0.15, 0.2) is 5.78 Å². The average molecular weight is 417 g/mol. The Morgan fingerprint density at radius 1 is 1.13 bits per heavy atom. The average Bonchev–Trinajstić information content (AvgIpc) is 3.57. The summed E-state index contributed by atoms with van der Waals surface area (Å²) >= 11 is 0. The third-order valence-electron chi connectivity index (χ3n) is 5.28. The minimum absolute atomic E-state index is 0.00867. The molecule has 1 N–H and O–H groups in total. The number of ketones is 1. The summed E-state index contributed by atoms with van der Waals surface area (Å²) in [5.41, 5.74) is 6.21. The number of amidine groups is 1. The van der Waals surface area contributed by atoms with E-state index >= 15 is 0 Å². The topological polar surface area (TPSA) is 41.5 Å². The van der Waals surface area contributed by atoms with Gasteiger partial charge in [-0.1, -0.05) is 60.7 Å². The van der Waals surface area contributed by atoms with Crippen molar-refractivity contribution in [3.63, 3.8) is 0 Å². The highest BCUT2D eigenvalue weighted by Gasteiger charge is 2.20. The van der Waals surface area contributed by atoms with Crippen LogP contribution in [0.2, 0.25) is 0 Å². The summed E-state index contributed by atoms with van der Waals surface area (Å²) in [6.45, 7) is 14.5. The van der Waals surface area contributed by atoms with Crippen LogP contribution in [0.25, 0.3) is 0 Å². The van der Waals surface area contributed by atoms with E-state index in [0.717, 1.165) is 41.4 Å². The third-order valence-corrected chi connectivity index (χ3v) is 5.28. The van der Waals surface area contributed by atoms with Gasteiger partial charge in [0.2, 0.25) is 0 Å². The monoisotopic (exact) mass is 416 g/mol. The quantitative estimate of drug-likeness (QED) is 0.204. The molecule has 0 unspecified atom stereocenters. The molecule has 1 saturated carbocycles. The molecule has 0 spiro atoms. The molecule has 31 heavy (non-hydrogen) atoms. The number of hydrogen-bond acceptors (Lipinski definition) is 2. The Hall–Kier alpha value is -2.94. The first-order chi connectivity index (χ1) is 14.8. The van der Waals surface area contributed by atoms with E-state index in [1.54, 1.807) is 6.92 Å². The van der Waals surface area contributed by atoms with Crippen LogP contribution in [0.1, 0.15) is 53.0 Å². The molecule has 0 radical (unpaired) electrons. The SMILES string of the molecule is C=C/C(=C\C(=C(C)C)C(=C\C)/C=C(\NC(C)=NCC1CC1)C(C)=O)Cc1ccccc1. The van der Waals surface area contributed by atoms with Gasteiger partial charge < -0.3 is 5.32 Å². The summed E-state index contributed by atoms with van der Waals surface area (Å²) in [5.74, 6) is 1.50. The number of carbonyl (C=O) groups is 1. The zero-order chi connectivity index (χ0) is 22.8. The van der Waals surface area contributed by atoms with Gasteiger partial charge in [-0.25, -0.2) is 0 Å². The molecule has 1 fully saturated rings. The van der Waals surface area contributed by atoms with Gasteiger partial charge in [-0.05, 0) is 81.2 Å². The highest BCUT2D eigenvalue weighted by atomic mass is 16.1. The van der Waals surface area contributed by atoms with Gasteiger partial charge in [0.05, 0.1) is 11.5 Å². The molecule has 0 bridgehead atoms. The molecule has 1 aromatic carbocycles. The lowest BCUT2D eigenvalue weighted by Crippen LogP contribution is -2.24. The Kier molecular flexibility index (Phi) is 9.45. The summed E-state index contributed by atoms with van der Waals surface area (Å²) in [6, 6.07) is 10.4. The highest BCUT2D eigenvalue weighted by molar-refractivity contribution is 5.98. The minimum atomic E-state index is -0.00867. The van der Waals surface area contributed by atoms with Gasteiger partial charge in [-0.15, -0.1) is 0 Å². The van der Waals surface area contributed by atoms with Crippen LogP contribution in [-0.2, 0) is 11.2 Å². The van der Waals surface area contributed by atoms with Crippen LogP contribution in [0.5, 0.6) is 0 Å². The second kappa shape index (κ2) is 12.0. The van der Waals surface area contributed by atoms with Crippen LogP contribution in [0.4, 0.5) is 0 Å². The van der Waals surface area contributed by atoms with E-state index < -0.39 is 0 Å². The van der Waals surface area contributed by atoms with Crippen molar-refractivity contribution in [2.24, 2.45) is 10.9 Å². The van der Waals surface area contributed by atoms with Gasteiger partial charge in [-0.3, -0.25) is 9.79 Å². The standard InChI is InChI=1S/C28H36N2O/c1-7-23(16-24-12-10-9-11-13-24)17-27(20(3)4)26(8-2)18-28(21(5)31)30-22(6)29-19-25-14-15-25/h7-13,17-18,25H,1,14-16,19H2,2-6H3,(H,29,30)/b23-17+,26-8-,28-18-. The summed E-state index contributed by atoms with van der Waals surface area (Å²) in [4.78, 5) is 16.9. The molecular weight excluding hydrogens is 380 g/mol. The lowest BCUT2D eigenvalue weighted by molar-refractivity contribution is -0.113. The van der Waals surface area contributed by atoms with Crippen LogP contribution in [-0.4, -0.2) is 18.2 Å². The normalized spacial score (nSPS) is 15.5. The fourth-order valence-electron chi connectivity index (χ4n) is 3.21. The lowest BCUT2D eigenvalue weighted by atomic mass is 9.95. The molecule has 1 aromatic rings. The van der Waals surface area contributed by atoms with Gasteiger partial charge in [0, 0.05) is 13.5 Å². The number of hydrogen-bond donors (Lipinski definition) is 1. The van der Waals surface area contributed by atoms with Crippen LogP contribution in [0.15, 0.2) is 94.2 Å². The molecule has 0 atom stereocenters. The van der Waals surface area contributed by atoms with Gasteiger partial charge >= 0.3 is 0 Å². The Morgan fingerprint density at radius 2 is 1.81 bits per heavy atom. The largest absolute Gasteiger partial charge is 0.341 e. The van der Waals surface area contributed by atoms with Crippen molar-refractivity contribution < 1.29 is 4.79 Å². The number of aliphatic imine (C=N–C) groups is 1. The summed E-state index contributed by atoms with van der Waals surface area (Å²) in [6.07, 6.45) is 11.4. The first kappa shape index (κ1) is 24.3. The van der Waals surface area contributed by atoms with E-state index in [2.05, 4.69) is 61.1 Å². The predicted octanol–water partition coefficient (Wildman–Crippen LogP) is 6.52. The second-order valence-electron chi connectivity index (χ2n) is 8.35. The zero-order valence-electron chi connectivity index (χ0n) is 19.7. The summed E-state index contributed by atoms with van der Waals surface area (Å²) < 4.78 is 0. The Labute approximate surface area is 188 Å². The van der Waals surface area contributed by atoms with E-state index in [1.165, 1.54) is 24.0 Å². The molecule has 0 heterocycles. The fraction of sp³-hybridized carbons (Fsp3) is 0.357. The van der Waals surface area contributed by atoms with Crippen LogP contribution >= 0.6 is 0 Å². The smallest absolute Gasteiger partial charge is 0.175 e. The molecule has 164 valence electrons. The summed E-state index contributed by atoms with van der Waals surface area (Å²) in [5, 5.41) is 3.22. The molecule has 3 nitrogen and oxygen atoms in total. The molecule has 0 aliphatic heterocycles. The molecule has 0 amide bonds. The zero-order valence-corrected chi connectivity index (χ0v) is 19.7. The Bertz CT molecular complexity index is 934. The number of Topliss-reactive ketones (excluding diaryl/α,β-unsaturated/α-hetero) is 1. The van der Waals surface area contributed by atoms with E-state index in [-0.39, 0.29) is 5.78 Å². The number of allylic oxidation sites excluding steroid dienone is 9. The Morgan fingerprint density at radius 3 is 2.32 bits per heavy atom. The van der Waals surface area contributed by atoms with Crippen molar-refractivity contribution in [1.29, 1.82) is 0 Å². The number of benzene rings is 1. The first-order valence-electron chi connectivity index (χ1n) is 11.1. The van der Waals surface area contributed by atoms with E-state index in [1.807, 2.05) is 38.1 Å². The predicted molar refractivity (Wildman–Crippen MR) is 133 cm³/mol. The van der Waals surface area contributed by atoms with Gasteiger partial charge in [0.1, 0.15) is 0 Å². The lowest BCUT2D eigenvalue weighted by Gasteiger charge is -2.13. The van der Waals surface area contributed by atoms with Crippen LogP contribution < -0.4 is 5.32 Å². The fourth-order valence-corrected chi connectivity index (χ4v) is 3.21. The highest BCUT2D eigenvalue weighted by Crippen LogP contribution is 2.28. The third kappa shape index (κ3) is 8.37. The number of carbonyl (C=O) groups excluding carboxylic acids is 1. The maximum absolute atomic E-state index is 12.3. The maximum Gasteiger partial charge on any atom is 0.175 e. The number of nitrogens with zero attached hydrogens (tertiary/aromatic N) is 1. The van der Waals surface area contributed by atoms with Crippen molar-refractivity contribution in [2.75, 3.05) is 6.54 Å². The van der Waals surface area contributed by atoms with Crippen molar-refractivity contribution in [1.82, 2.24) is 5.32 Å². The number of nitrogens with one attached hydrogen (secondary N) is 1. The van der Waals surface area contributed by atoms with Crippen molar-refractivity contribution >= 4 is 11.6 Å². The molecule has 3 heteroatoms. The van der Waals surface area contributed by atoms with Crippen molar-refractivity contribution in [3.05, 3.63) is 94.8 Å². The van der Waals surface area contributed by atoms with E-state index in [9.17, 15) is 4.79 Å².